The number of aromatic nitrogens is 1. The molecule has 0 saturated carbocycles. The quantitative estimate of drug-likeness (QED) is 0.572. The van der Waals surface area contributed by atoms with Crippen LogP contribution in [0.25, 0.3) is 0 Å². The Morgan fingerprint density at radius 1 is 1.17 bits per heavy atom. The van der Waals surface area contributed by atoms with E-state index in [1.54, 1.807) is 29.6 Å². The van der Waals surface area contributed by atoms with Gasteiger partial charge in [-0.15, -0.1) is 11.3 Å². The van der Waals surface area contributed by atoms with Gasteiger partial charge < -0.3 is 0 Å². The Labute approximate surface area is 176 Å². The predicted molar refractivity (Wildman–Crippen MR) is 111 cm³/mol. The van der Waals surface area contributed by atoms with Gasteiger partial charge in [0.05, 0.1) is 27.6 Å². The van der Waals surface area contributed by atoms with E-state index in [0.29, 0.717) is 10.4 Å². The average molecular weight is 448 g/mol. The van der Waals surface area contributed by atoms with Gasteiger partial charge in [-0.3, -0.25) is 13.9 Å². The molecule has 148 valence electrons. The molecule has 3 aromatic rings. The number of thiophene rings is 1. The first kappa shape index (κ1) is 19.6. The fraction of sp³-hybridized carbons (Fsp3) is 0.105. The molecule has 0 N–H and O–H groups in total. The number of nitrogens with zero attached hydrogens (tertiary/aromatic N) is 3. The summed E-state index contributed by atoms with van der Waals surface area (Å²) in [5.41, 5.74) is 0.457. The van der Waals surface area contributed by atoms with Gasteiger partial charge >= 0.3 is 0 Å². The highest BCUT2D eigenvalue weighted by Crippen LogP contribution is 2.35. The molecule has 10 heteroatoms. The molecule has 0 radical (unpaired) electrons. The minimum Gasteiger partial charge on any atom is -0.274 e. The van der Waals surface area contributed by atoms with Crippen molar-refractivity contribution in [3.05, 3.63) is 69.5 Å². The summed E-state index contributed by atoms with van der Waals surface area (Å²) < 4.78 is 27.1. The lowest BCUT2D eigenvalue weighted by Gasteiger charge is -2.26. The Morgan fingerprint density at radius 3 is 2.69 bits per heavy atom. The van der Waals surface area contributed by atoms with E-state index in [1.165, 1.54) is 42.8 Å². The van der Waals surface area contributed by atoms with Crippen molar-refractivity contribution in [3.8, 4) is 0 Å². The fourth-order valence-electron chi connectivity index (χ4n) is 3.01. The van der Waals surface area contributed by atoms with Crippen molar-refractivity contribution in [2.24, 2.45) is 0 Å². The maximum absolute atomic E-state index is 13.1. The summed E-state index contributed by atoms with van der Waals surface area (Å²) in [6.07, 6.45) is 1.54. The molecule has 7 nitrogen and oxygen atoms in total. The zero-order valence-electron chi connectivity index (χ0n) is 15.1. The van der Waals surface area contributed by atoms with E-state index in [-0.39, 0.29) is 27.8 Å². The fourth-order valence-corrected chi connectivity index (χ4v) is 5.24. The van der Waals surface area contributed by atoms with Crippen LogP contribution in [0.4, 0.5) is 11.5 Å². The van der Waals surface area contributed by atoms with Gasteiger partial charge in [0.15, 0.2) is 0 Å². The molecule has 1 aliphatic heterocycles. The number of sulfonamides is 1. The van der Waals surface area contributed by atoms with E-state index in [4.69, 9.17) is 11.6 Å². The zero-order valence-corrected chi connectivity index (χ0v) is 17.5. The predicted octanol–water partition coefficient (Wildman–Crippen LogP) is 3.35. The Hall–Kier alpha value is -2.75. The van der Waals surface area contributed by atoms with Crippen LogP contribution in [0.2, 0.25) is 5.02 Å². The number of hydrogen-bond donors (Lipinski definition) is 0. The minimum absolute atomic E-state index is 0.0361. The molecular formula is C19H14ClN3O4S2. The lowest BCUT2D eigenvalue weighted by Crippen LogP contribution is -2.42. The number of anilines is 2. The number of hydrogen-bond acceptors (Lipinski definition) is 6. The number of imide groups is 1. The summed E-state index contributed by atoms with van der Waals surface area (Å²) in [6.45, 7) is 0. The van der Waals surface area contributed by atoms with Gasteiger partial charge in [0.25, 0.3) is 15.9 Å². The third kappa shape index (κ3) is 3.31. The number of halogens is 1. The van der Waals surface area contributed by atoms with Crippen molar-refractivity contribution in [3.63, 3.8) is 0 Å². The van der Waals surface area contributed by atoms with E-state index in [9.17, 15) is 18.0 Å². The van der Waals surface area contributed by atoms with Crippen molar-refractivity contribution in [1.82, 2.24) is 4.98 Å². The number of carbonyl (C=O) groups is 2. The van der Waals surface area contributed by atoms with Gasteiger partial charge in [0, 0.05) is 18.1 Å². The topological polar surface area (TPSA) is 87.7 Å². The first-order chi connectivity index (χ1) is 13.8. The highest BCUT2D eigenvalue weighted by Gasteiger charge is 2.35. The third-order valence-corrected chi connectivity index (χ3v) is 7.53. The molecular weight excluding hydrogens is 434 g/mol. The van der Waals surface area contributed by atoms with Crippen LogP contribution in [0.3, 0.4) is 0 Å². The van der Waals surface area contributed by atoms with Crippen LogP contribution in [0.5, 0.6) is 0 Å². The molecule has 0 unspecified atom stereocenters. The standard InChI is InChI=1S/C19H14ClN3O4S2/c1-22(17-4-2-3-8-21-17)29(26,27)12-5-6-14(20)15(10-12)23-18(24)11-16-13(19(23)25)7-9-28-16/h2-10H,11H2,1H3. The lowest BCUT2D eigenvalue weighted by atomic mass is 10.1. The molecule has 0 aliphatic carbocycles. The molecule has 0 atom stereocenters. The van der Waals surface area contributed by atoms with Crippen molar-refractivity contribution in [2.75, 3.05) is 16.3 Å². The van der Waals surface area contributed by atoms with Crippen LogP contribution in [-0.4, -0.2) is 32.3 Å². The molecule has 2 amide bonds. The Bertz CT molecular complexity index is 1230. The minimum atomic E-state index is -3.99. The van der Waals surface area contributed by atoms with Crippen molar-refractivity contribution in [2.45, 2.75) is 11.3 Å². The van der Waals surface area contributed by atoms with Crippen LogP contribution in [0.1, 0.15) is 15.2 Å². The van der Waals surface area contributed by atoms with E-state index >= 15 is 0 Å². The van der Waals surface area contributed by atoms with E-state index < -0.39 is 21.8 Å². The second-order valence-corrected chi connectivity index (χ2v) is 9.62. The monoisotopic (exact) mass is 447 g/mol. The number of fused-ring (bicyclic) bond motifs is 1. The molecule has 1 aliphatic rings. The normalized spacial score (nSPS) is 14.1. The second-order valence-electron chi connectivity index (χ2n) is 6.24. The second kappa shape index (κ2) is 7.25. The smallest absolute Gasteiger partial charge is 0.266 e. The van der Waals surface area contributed by atoms with Gasteiger partial charge in [-0.05, 0) is 41.8 Å². The molecule has 1 aromatic carbocycles. The Kier molecular flexibility index (Phi) is 4.89. The van der Waals surface area contributed by atoms with E-state index in [2.05, 4.69) is 4.98 Å². The highest BCUT2D eigenvalue weighted by atomic mass is 35.5. The lowest BCUT2D eigenvalue weighted by molar-refractivity contribution is -0.117. The van der Waals surface area contributed by atoms with Crippen molar-refractivity contribution >= 4 is 56.3 Å². The number of benzene rings is 1. The maximum Gasteiger partial charge on any atom is 0.266 e. The Balaban J connectivity index is 1.77. The molecule has 2 aromatic heterocycles. The molecule has 4 rings (SSSR count). The van der Waals surface area contributed by atoms with E-state index in [1.807, 2.05) is 0 Å². The number of rotatable bonds is 4. The SMILES string of the molecule is CN(c1ccccn1)S(=O)(=O)c1ccc(Cl)c(N2C(=O)Cc3sccc3C2=O)c1. The first-order valence-corrected chi connectivity index (χ1v) is 11.1. The number of carbonyl (C=O) groups excluding carboxylic acids is 2. The van der Waals surface area contributed by atoms with Gasteiger partial charge in [-0.2, -0.15) is 0 Å². The van der Waals surface area contributed by atoms with Gasteiger partial charge in [0.2, 0.25) is 5.91 Å². The molecule has 29 heavy (non-hydrogen) atoms. The third-order valence-electron chi connectivity index (χ3n) is 4.53. The maximum atomic E-state index is 13.1. The van der Waals surface area contributed by atoms with Gasteiger partial charge in [0.1, 0.15) is 5.82 Å². The summed E-state index contributed by atoms with van der Waals surface area (Å²) in [7, 11) is -2.61. The number of amides is 2. The Morgan fingerprint density at radius 2 is 1.97 bits per heavy atom. The first-order valence-electron chi connectivity index (χ1n) is 8.44. The van der Waals surface area contributed by atoms with Gasteiger partial charge in [-0.25, -0.2) is 18.3 Å². The van der Waals surface area contributed by atoms with Crippen LogP contribution in [-0.2, 0) is 21.2 Å². The molecule has 3 heterocycles. The van der Waals surface area contributed by atoms with Gasteiger partial charge in [-0.1, -0.05) is 17.7 Å². The summed E-state index contributed by atoms with van der Waals surface area (Å²) in [5.74, 6) is -0.747. The largest absolute Gasteiger partial charge is 0.274 e. The van der Waals surface area contributed by atoms with Crippen LogP contribution in [0, 0.1) is 0 Å². The van der Waals surface area contributed by atoms with E-state index in [0.717, 1.165) is 9.21 Å². The van der Waals surface area contributed by atoms with Crippen LogP contribution in [0.15, 0.2) is 58.9 Å². The molecule has 0 saturated heterocycles. The van der Waals surface area contributed by atoms with Crippen molar-refractivity contribution in [1.29, 1.82) is 0 Å². The summed E-state index contributed by atoms with van der Waals surface area (Å²) >= 11 is 7.58. The molecule has 0 fully saturated rings. The van der Waals surface area contributed by atoms with Crippen LogP contribution >= 0.6 is 22.9 Å². The highest BCUT2D eigenvalue weighted by molar-refractivity contribution is 7.92. The molecule has 0 spiro atoms. The average Bonchev–Trinajstić information content (AvgIpc) is 3.18. The molecule has 0 bridgehead atoms. The summed E-state index contributed by atoms with van der Waals surface area (Å²) in [6, 6.07) is 10.5. The number of pyridine rings is 1. The van der Waals surface area contributed by atoms with Crippen molar-refractivity contribution < 1.29 is 18.0 Å². The summed E-state index contributed by atoms with van der Waals surface area (Å²) in [5, 5.41) is 1.84. The van der Waals surface area contributed by atoms with Crippen LogP contribution < -0.4 is 9.21 Å². The zero-order chi connectivity index (χ0) is 20.8. The summed E-state index contributed by atoms with van der Waals surface area (Å²) in [4.78, 5) is 31.0.